The maximum Gasteiger partial charge on any atom is 0.244 e. The smallest absolute Gasteiger partial charge is 0.244 e. The van der Waals surface area contributed by atoms with Crippen molar-refractivity contribution in [1.82, 2.24) is 4.31 Å². The molecular weight excluding hydrogens is 438 g/mol. The first kappa shape index (κ1) is 23.4. The number of rotatable bonds is 5. The molecule has 4 rings (SSSR count). The third kappa shape index (κ3) is 4.82. The first-order chi connectivity index (χ1) is 15.7. The molecule has 0 radical (unpaired) electrons. The summed E-state index contributed by atoms with van der Waals surface area (Å²) in [7, 11) is -3.57. The molecule has 0 atom stereocenters. The van der Waals surface area contributed by atoms with E-state index in [1.807, 2.05) is 32.0 Å². The number of benzene rings is 2. The zero-order valence-corrected chi connectivity index (χ0v) is 20.2. The van der Waals surface area contributed by atoms with Crippen molar-refractivity contribution in [2.45, 2.75) is 51.3 Å². The number of aryl methyl sites for hydroxylation is 2. The van der Waals surface area contributed by atoms with E-state index in [0.717, 1.165) is 35.2 Å². The summed E-state index contributed by atoms with van der Waals surface area (Å²) in [5, 5.41) is 2.90. The van der Waals surface area contributed by atoms with Gasteiger partial charge in [-0.15, -0.1) is 0 Å². The molecule has 1 saturated heterocycles. The molecule has 2 aromatic rings. The van der Waals surface area contributed by atoms with Crippen LogP contribution in [-0.4, -0.2) is 44.2 Å². The lowest BCUT2D eigenvalue weighted by Crippen LogP contribution is -2.41. The van der Waals surface area contributed by atoms with Gasteiger partial charge in [0.25, 0.3) is 0 Å². The number of nitrogens with one attached hydrogen (secondary N) is 1. The standard InChI is InChI=1S/C25H31N3O4S/c1-17-11-13-27(14-12-17)33(31,32)21-8-9-23-20(15-21)7-10-25(30)28(23)16-24(29)26-22-6-4-5-18(2)19(22)3/h4-6,8-9,15,17H,7,10-14,16H2,1-3H3,(H,26,29). The van der Waals surface area contributed by atoms with Crippen LogP contribution >= 0.6 is 0 Å². The molecule has 0 unspecified atom stereocenters. The Morgan fingerprint density at radius 2 is 1.82 bits per heavy atom. The molecule has 2 aliphatic rings. The van der Waals surface area contributed by atoms with Crippen LogP contribution in [0.1, 0.15) is 42.9 Å². The van der Waals surface area contributed by atoms with Crippen LogP contribution in [-0.2, 0) is 26.0 Å². The summed E-state index contributed by atoms with van der Waals surface area (Å²) in [6.45, 7) is 7.01. The maximum atomic E-state index is 13.1. The van der Waals surface area contributed by atoms with Crippen molar-refractivity contribution < 1.29 is 18.0 Å². The lowest BCUT2D eigenvalue weighted by Gasteiger charge is -2.31. The van der Waals surface area contributed by atoms with Gasteiger partial charge in [-0.3, -0.25) is 9.59 Å². The number of nitrogens with zero attached hydrogens (tertiary/aromatic N) is 2. The van der Waals surface area contributed by atoms with E-state index in [1.54, 1.807) is 22.5 Å². The molecule has 1 fully saturated rings. The van der Waals surface area contributed by atoms with E-state index in [1.165, 1.54) is 4.90 Å². The van der Waals surface area contributed by atoms with Crippen LogP contribution in [0.4, 0.5) is 11.4 Å². The van der Waals surface area contributed by atoms with Gasteiger partial charge >= 0.3 is 0 Å². The van der Waals surface area contributed by atoms with Gasteiger partial charge in [0.1, 0.15) is 6.54 Å². The minimum absolute atomic E-state index is 0.116. The van der Waals surface area contributed by atoms with Crippen molar-refractivity contribution >= 4 is 33.2 Å². The van der Waals surface area contributed by atoms with Crippen LogP contribution in [0.25, 0.3) is 0 Å². The van der Waals surface area contributed by atoms with Crippen molar-refractivity contribution in [3.8, 4) is 0 Å². The molecule has 0 saturated carbocycles. The number of hydrogen-bond acceptors (Lipinski definition) is 4. The number of hydrogen-bond donors (Lipinski definition) is 1. The number of sulfonamides is 1. The van der Waals surface area contributed by atoms with Gasteiger partial charge in [0, 0.05) is 30.9 Å². The molecule has 33 heavy (non-hydrogen) atoms. The fourth-order valence-electron chi connectivity index (χ4n) is 4.46. The Bertz CT molecular complexity index is 1180. The topological polar surface area (TPSA) is 86.8 Å². The minimum Gasteiger partial charge on any atom is -0.324 e. The van der Waals surface area contributed by atoms with Crippen LogP contribution < -0.4 is 10.2 Å². The molecule has 0 aliphatic carbocycles. The maximum absolute atomic E-state index is 13.1. The molecular formula is C25H31N3O4S. The highest BCUT2D eigenvalue weighted by Gasteiger charge is 2.31. The van der Waals surface area contributed by atoms with E-state index in [9.17, 15) is 18.0 Å². The molecule has 0 aromatic heterocycles. The van der Waals surface area contributed by atoms with E-state index in [0.29, 0.717) is 31.1 Å². The van der Waals surface area contributed by atoms with Crippen LogP contribution in [0.5, 0.6) is 0 Å². The van der Waals surface area contributed by atoms with E-state index < -0.39 is 10.0 Å². The van der Waals surface area contributed by atoms with Gasteiger partial charge in [-0.25, -0.2) is 8.42 Å². The van der Waals surface area contributed by atoms with Crippen molar-refractivity contribution in [3.63, 3.8) is 0 Å². The number of anilines is 2. The van der Waals surface area contributed by atoms with Crippen molar-refractivity contribution in [2.75, 3.05) is 29.9 Å². The Labute approximate surface area is 195 Å². The van der Waals surface area contributed by atoms with Gasteiger partial charge in [0.05, 0.1) is 4.90 Å². The summed E-state index contributed by atoms with van der Waals surface area (Å²) in [5.41, 5.74) is 4.17. The number of piperidine rings is 1. The fraction of sp³-hybridized carbons (Fsp3) is 0.440. The van der Waals surface area contributed by atoms with Crippen molar-refractivity contribution in [3.05, 3.63) is 53.1 Å². The molecule has 2 amide bonds. The predicted octanol–water partition coefficient (Wildman–Crippen LogP) is 3.64. The van der Waals surface area contributed by atoms with Crippen LogP contribution in [0, 0.1) is 19.8 Å². The summed E-state index contributed by atoms with van der Waals surface area (Å²) < 4.78 is 27.8. The number of carbonyl (C=O) groups excluding carboxylic acids is 2. The van der Waals surface area contributed by atoms with Gasteiger partial charge in [0.15, 0.2) is 0 Å². The van der Waals surface area contributed by atoms with E-state index >= 15 is 0 Å². The Balaban J connectivity index is 1.54. The molecule has 7 nitrogen and oxygen atoms in total. The lowest BCUT2D eigenvalue weighted by molar-refractivity contribution is -0.121. The lowest BCUT2D eigenvalue weighted by atomic mass is 10.0. The predicted molar refractivity (Wildman–Crippen MR) is 129 cm³/mol. The third-order valence-corrected chi connectivity index (χ3v) is 8.71. The van der Waals surface area contributed by atoms with Gasteiger partial charge in [-0.2, -0.15) is 4.31 Å². The Morgan fingerprint density at radius 3 is 2.55 bits per heavy atom. The van der Waals surface area contributed by atoms with Crippen LogP contribution in [0.2, 0.25) is 0 Å². The second kappa shape index (κ2) is 9.27. The summed E-state index contributed by atoms with van der Waals surface area (Å²) in [6, 6.07) is 10.6. The first-order valence-electron chi connectivity index (χ1n) is 11.5. The Kier molecular flexibility index (Phi) is 6.59. The van der Waals surface area contributed by atoms with E-state index in [4.69, 9.17) is 0 Å². The third-order valence-electron chi connectivity index (χ3n) is 6.81. The first-order valence-corrected chi connectivity index (χ1v) is 12.9. The second-order valence-corrected chi connectivity index (χ2v) is 11.1. The Hall–Kier alpha value is -2.71. The molecule has 0 bridgehead atoms. The summed E-state index contributed by atoms with van der Waals surface area (Å²) in [6.07, 6.45) is 2.43. The SMILES string of the molecule is Cc1cccc(NC(=O)CN2C(=O)CCc3cc(S(=O)(=O)N4CCC(C)CC4)ccc32)c1C. The average Bonchev–Trinajstić information content (AvgIpc) is 2.79. The van der Waals surface area contributed by atoms with Crippen molar-refractivity contribution in [1.29, 1.82) is 0 Å². The van der Waals surface area contributed by atoms with E-state index in [2.05, 4.69) is 12.2 Å². The van der Waals surface area contributed by atoms with E-state index in [-0.39, 0.29) is 29.7 Å². The van der Waals surface area contributed by atoms with Crippen LogP contribution in [0.15, 0.2) is 41.3 Å². The highest BCUT2D eigenvalue weighted by atomic mass is 32.2. The zero-order chi connectivity index (χ0) is 23.8. The van der Waals surface area contributed by atoms with Crippen LogP contribution in [0.3, 0.4) is 0 Å². The minimum atomic E-state index is -3.57. The van der Waals surface area contributed by atoms with Gasteiger partial charge in [-0.1, -0.05) is 19.1 Å². The zero-order valence-electron chi connectivity index (χ0n) is 19.4. The highest BCUT2D eigenvalue weighted by molar-refractivity contribution is 7.89. The highest BCUT2D eigenvalue weighted by Crippen LogP contribution is 2.32. The number of amides is 2. The Morgan fingerprint density at radius 1 is 1.09 bits per heavy atom. The average molecular weight is 470 g/mol. The second-order valence-electron chi connectivity index (χ2n) is 9.15. The van der Waals surface area contributed by atoms with Gasteiger partial charge < -0.3 is 10.2 Å². The molecule has 0 spiro atoms. The summed E-state index contributed by atoms with van der Waals surface area (Å²) in [5.74, 6) is 0.109. The van der Waals surface area contributed by atoms with Crippen molar-refractivity contribution in [2.24, 2.45) is 5.92 Å². The summed E-state index contributed by atoms with van der Waals surface area (Å²) in [4.78, 5) is 27.1. The fourth-order valence-corrected chi connectivity index (χ4v) is 5.99. The summed E-state index contributed by atoms with van der Waals surface area (Å²) >= 11 is 0. The monoisotopic (exact) mass is 469 g/mol. The molecule has 176 valence electrons. The molecule has 2 aliphatic heterocycles. The number of carbonyl (C=O) groups is 2. The molecule has 8 heteroatoms. The number of fused-ring (bicyclic) bond motifs is 1. The van der Waals surface area contributed by atoms with Gasteiger partial charge in [0.2, 0.25) is 21.8 Å². The van der Waals surface area contributed by atoms with Gasteiger partial charge in [-0.05, 0) is 80.0 Å². The molecule has 2 heterocycles. The molecule has 1 N–H and O–H groups in total. The normalized spacial score (nSPS) is 17.7. The largest absolute Gasteiger partial charge is 0.324 e. The molecule has 2 aromatic carbocycles. The quantitative estimate of drug-likeness (QED) is 0.724.